The Morgan fingerprint density at radius 3 is 2.83 bits per heavy atom. The van der Waals surface area contributed by atoms with E-state index in [4.69, 9.17) is 16.4 Å². The molecule has 2 aromatic carbocycles. The molecule has 124 valence electrons. The van der Waals surface area contributed by atoms with E-state index < -0.39 is 11.9 Å². The molecule has 1 heterocycles. The number of amides is 1. The Hall–Kier alpha value is -2.40. The van der Waals surface area contributed by atoms with Gasteiger partial charge in [-0.1, -0.05) is 40.5 Å². The minimum atomic E-state index is -0.809. The summed E-state index contributed by atoms with van der Waals surface area (Å²) in [6.07, 6.45) is -0.645. The van der Waals surface area contributed by atoms with Crippen molar-refractivity contribution in [2.45, 2.75) is 26.4 Å². The average Bonchev–Trinajstić information content (AvgIpc) is 2.99. The van der Waals surface area contributed by atoms with E-state index in [1.54, 1.807) is 6.07 Å². The van der Waals surface area contributed by atoms with Gasteiger partial charge >= 0.3 is 0 Å². The van der Waals surface area contributed by atoms with Gasteiger partial charge in [-0.05, 0) is 37.6 Å². The van der Waals surface area contributed by atoms with Crippen LogP contribution in [0.4, 0.5) is 10.1 Å². The maximum atomic E-state index is 13.9. The van der Waals surface area contributed by atoms with Crippen LogP contribution in [0.3, 0.4) is 0 Å². The number of halogens is 2. The lowest BCUT2D eigenvalue weighted by atomic mass is 10.0. The number of anilines is 1. The standard InChI is InChI=1S/C18H16ClFN2O2/c1-10-6-7-14(11(2)8-10)21-18(23)16-9-15(22-24-16)17-12(19)4-3-5-13(17)20/h3-8,16H,9H2,1-2H3,(H,21,23). The molecule has 4 nitrogen and oxygen atoms in total. The van der Waals surface area contributed by atoms with Crippen molar-refractivity contribution in [3.63, 3.8) is 0 Å². The lowest BCUT2D eigenvalue weighted by Crippen LogP contribution is -2.28. The molecule has 0 aromatic heterocycles. The van der Waals surface area contributed by atoms with Crippen molar-refractivity contribution in [2.24, 2.45) is 5.16 Å². The number of nitrogens with one attached hydrogen (secondary N) is 1. The fourth-order valence-electron chi connectivity index (χ4n) is 2.61. The van der Waals surface area contributed by atoms with Crippen molar-refractivity contribution < 1.29 is 14.0 Å². The van der Waals surface area contributed by atoms with E-state index in [-0.39, 0.29) is 22.9 Å². The maximum absolute atomic E-state index is 13.9. The van der Waals surface area contributed by atoms with Gasteiger partial charge in [0, 0.05) is 12.1 Å². The average molecular weight is 347 g/mol. The number of hydrogen-bond donors (Lipinski definition) is 1. The Morgan fingerprint density at radius 2 is 2.12 bits per heavy atom. The zero-order valence-electron chi connectivity index (χ0n) is 13.3. The van der Waals surface area contributed by atoms with Crippen LogP contribution in [0.25, 0.3) is 0 Å². The molecule has 1 aliphatic rings. The predicted octanol–water partition coefficient (Wildman–Crippen LogP) is 4.23. The number of carbonyl (C=O) groups is 1. The Labute approximate surface area is 144 Å². The van der Waals surface area contributed by atoms with Crippen LogP contribution in [0.5, 0.6) is 0 Å². The fourth-order valence-corrected chi connectivity index (χ4v) is 2.88. The first-order valence-corrected chi connectivity index (χ1v) is 7.88. The molecule has 0 saturated heterocycles. The van der Waals surface area contributed by atoms with E-state index in [2.05, 4.69) is 10.5 Å². The lowest BCUT2D eigenvalue weighted by Gasteiger charge is -2.12. The minimum absolute atomic E-state index is 0.164. The van der Waals surface area contributed by atoms with Crippen molar-refractivity contribution in [3.05, 3.63) is 63.9 Å². The van der Waals surface area contributed by atoms with Crippen LogP contribution in [0.1, 0.15) is 23.1 Å². The van der Waals surface area contributed by atoms with E-state index >= 15 is 0 Å². The van der Waals surface area contributed by atoms with Crippen molar-refractivity contribution >= 4 is 28.9 Å². The fraction of sp³-hybridized carbons (Fsp3) is 0.222. The van der Waals surface area contributed by atoms with E-state index in [0.29, 0.717) is 11.4 Å². The number of oxime groups is 1. The highest BCUT2D eigenvalue weighted by Crippen LogP contribution is 2.26. The molecule has 1 aliphatic heterocycles. The highest BCUT2D eigenvalue weighted by molar-refractivity contribution is 6.34. The van der Waals surface area contributed by atoms with Crippen molar-refractivity contribution in [1.82, 2.24) is 0 Å². The van der Waals surface area contributed by atoms with Crippen molar-refractivity contribution in [2.75, 3.05) is 5.32 Å². The van der Waals surface area contributed by atoms with Crippen molar-refractivity contribution in [1.29, 1.82) is 0 Å². The van der Waals surface area contributed by atoms with Crippen LogP contribution < -0.4 is 5.32 Å². The summed E-state index contributed by atoms with van der Waals surface area (Å²) >= 11 is 6.03. The first-order valence-electron chi connectivity index (χ1n) is 7.51. The highest BCUT2D eigenvalue weighted by Gasteiger charge is 2.31. The molecule has 0 bridgehead atoms. The molecular formula is C18H16ClFN2O2. The Bertz CT molecular complexity index is 816. The lowest BCUT2D eigenvalue weighted by molar-refractivity contribution is -0.125. The van der Waals surface area contributed by atoms with Crippen LogP contribution in [0.2, 0.25) is 5.02 Å². The number of rotatable bonds is 3. The molecule has 24 heavy (non-hydrogen) atoms. The van der Waals surface area contributed by atoms with Gasteiger partial charge in [0.2, 0.25) is 6.10 Å². The quantitative estimate of drug-likeness (QED) is 0.904. The molecule has 1 atom stereocenters. The normalized spacial score (nSPS) is 16.5. The van der Waals surface area contributed by atoms with Crippen LogP contribution in [-0.2, 0) is 9.63 Å². The van der Waals surface area contributed by atoms with Gasteiger partial charge in [0.05, 0.1) is 16.3 Å². The second-order valence-electron chi connectivity index (χ2n) is 5.74. The van der Waals surface area contributed by atoms with Gasteiger partial charge in [-0.3, -0.25) is 4.79 Å². The maximum Gasteiger partial charge on any atom is 0.268 e. The SMILES string of the molecule is Cc1ccc(NC(=O)C2CC(c3c(F)cccc3Cl)=NO2)c(C)c1. The largest absolute Gasteiger partial charge is 0.382 e. The van der Waals surface area contributed by atoms with Crippen LogP contribution in [0.15, 0.2) is 41.6 Å². The molecule has 1 N–H and O–H groups in total. The first kappa shape index (κ1) is 16.5. The number of nitrogens with zero attached hydrogens (tertiary/aromatic N) is 1. The Morgan fingerprint density at radius 1 is 1.33 bits per heavy atom. The molecule has 6 heteroatoms. The summed E-state index contributed by atoms with van der Waals surface area (Å²) in [5.74, 6) is -0.812. The molecule has 0 radical (unpaired) electrons. The van der Waals surface area contributed by atoms with E-state index in [0.717, 1.165) is 11.1 Å². The van der Waals surface area contributed by atoms with E-state index in [1.165, 1.54) is 12.1 Å². The third kappa shape index (κ3) is 3.26. The van der Waals surface area contributed by atoms with E-state index in [1.807, 2.05) is 32.0 Å². The zero-order chi connectivity index (χ0) is 17.3. The van der Waals surface area contributed by atoms with Gasteiger partial charge in [-0.2, -0.15) is 0 Å². The van der Waals surface area contributed by atoms with E-state index in [9.17, 15) is 9.18 Å². The third-order valence-electron chi connectivity index (χ3n) is 3.85. The summed E-state index contributed by atoms with van der Waals surface area (Å²) in [4.78, 5) is 17.5. The smallest absolute Gasteiger partial charge is 0.268 e. The molecular weight excluding hydrogens is 331 g/mol. The first-order chi connectivity index (χ1) is 11.5. The van der Waals surface area contributed by atoms with Gasteiger partial charge in [0.25, 0.3) is 5.91 Å². The molecule has 0 aliphatic carbocycles. The highest BCUT2D eigenvalue weighted by atomic mass is 35.5. The van der Waals surface area contributed by atoms with Crippen LogP contribution in [0, 0.1) is 19.7 Å². The monoisotopic (exact) mass is 346 g/mol. The topological polar surface area (TPSA) is 50.7 Å². The molecule has 0 saturated carbocycles. The second kappa shape index (κ2) is 6.61. The molecule has 0 spiro atoms. The van der Waals surface area contributed by atoms with Crippen molar-refractivity contribution in [3.8, 4) is 0 Å². The number of hydrogen-bond acceptors (Lipinski definition) is 3. The van der Waals surface area contributed by atoms with Gasteiger partial charge in [-0.25, -0.2) is 4.39 Å². The zero-order valence-corrected chi connectivity index (χ0v) is 14.0. The second-order valence-corrected chi connectivity index (χ2v) is 6.15. The summed E-state index contributed by atoms with van der Waals surface area (Å²) < 4.78 is 13.9. The van der Waals surface area contributed by atoms with Gasteiger partial charge < -0.3 is 10.2 Å². The van der Waals surface area contributed by atoms with Gasteiger partial charge in [0.15, 0.2) is 0 Å². The van der Waals surface area contributed by atoms with Crippen LogP contribution in [-0.4, -0.2) is 17.7 Å². The molecule has 1 unspecified atom stereocenters. The van der Waals surface area contributed by atoms with Crippen LogP contribution >= 0.6 is 11.6 Å². The number of carbonyl (C=O) groups excluding carboxylic acids is 1. The molecule has 1 amide bonds. The number of benzene rings is 2. The molecule has 2 aromatic rings. The third-order valence-corrected chi connectivity index (χ3v) is 4.17. The summed E-state index contributed by atoms with van der Waals surface area (Å²) in [5.41, 5.74) is 3.30. The summed E-state index contributed by atoms with van der Waals surface area (Å²) in [6, 6.07) is 10.1. The minimum Gasteiger partial charge on any atom is -0.382 e. The summed E-state index contributed by atoms with van der Waals surface area (Å²) in [5, 5.41) is 6.90. The molecule has 0 fully saturated rings. The summed E-state index contributed by atoms with van der Waals surface area (Å²) in [6.45, 7) is 3.90. The van der Waals surface area contributed by atoms with Gasteiger partial charge in [-0.15, -0.1) is 0 Å². The van der Waals surface area contributed by atoms with Gasteiger partial charge in [0.1, 0.15) is 5.82 Å². The Balaban J connectivity index is 1.71. The predicted molar refractivity (Wildman–Crippen MR) is 92.0 cm³/mol. The Kier molecular flexibility index (Phi) is 4.53. The summed E-state index contributed by atoms with van der Waals surface area (Å²) in [7, 11) is 0. The molecule has 3 rings (SSSR count). The number of aryl methyl sites for hydroxylation is 2.